The van der Waals surface area contributed by atoms with Crippen LogP contribution >= 0.6 is 0 Å². The Hall–Kier alpha value is -1.77. The smallest absolute Gasteiger partial charge is 0.253 e. The third kappa shape index (κ3) is 4.31. The van der Waals surface area contributed by atoms with E-state index in [-0.39, 0.29) is 5.91 Å². The molecule has 0 fully saturated rings. The molecule has 0 aromatic heterocycles. The standard InChI is InChI=1S/C14H20N2O/c1-3-5-8-11-16-14(17)12-9-6-7-10-13(12)15-4-2/h5-10,15H,3-4,11H2,1-2H3,(H,16,17). The van der Waals surface area contributed by atoms with Crippen LogP contribution in [0.4, 0.5) is 5.69 Å². The van der Waals surface area contributed by atoms with Gasteiger partial charge in [0.1, 0.15) is 0 Å². The number of rotatable bonds is 6. The molecular formula is C14H20N2O. The van der Waals surface area contributed by atoms with E-state index in [4.69, 9.17) is 0 Å². The van der Waals surface area contributed by atoms with Crippen LogP contribution in [0.25, 0.3) is 0 Å². The minimum absolute atomic E-state index is 0.0395. The molecule has 0 aliphatic heterocycles. The Morgan fingerprint density at radius 1 is 1.24 bits per heavy atom. The lowest BCUT2D eigenvalue weighted by atomic mass is 10.1. The molecule has 0 radical (unpaired) electrons. The number of carbonyl (C=O) groups excluding carboxylic acids is 1. The molecule has 1 rings (SSSR count). The first-order chi connectivity index (χ1) is 8.29. The van der Waals surface area contributed by atoms with Gasteiger partial charge in [0.05, 0.1) is 5.56 Å². The summed E-state index contributed by atoms with van der Waals surface area (Å²) in [6.07, 6.45) is 4.99. The summed E-state index contributed by atoms with van der Waals surface area (Å²) in [5.41, 5.74) is 1.58. The second-order valence-electron chi connectivity index (χ2n) is 3.67. The number of hydrogen-bond acceptors (Lipinski definition) is 2. The highest BCUT2D eigenvalue weighted by atomic mass is 16.1. The first-order valence-electron chi connectivity index (χ1n) is 6.05. The van der Waals surface area contributed by atoms with Gasteiger partial charge >= 0.3 is 0 Å². The van der Waals surface area contributed by atoms with E-state index in [0.717, 1.165) is 18.7 Å². The first-order valence-corrected chi connectivity index (χ1v) is 6.05. The molecule has 0 heterocycles. The molecule has 0 aliphatic rings. The Labute approximate surface area is 103 Å². The van der Waals surface area contributed by atoms with Crippen LogP contribution in [0.5, 0.6) is 0 Å². The van der Waals surface area contributed by atoms with Crippen molar-refractivity contribution in [3.05, 3.63) is 42.0 Å². The first kappa shape index (κ1) is 13.3. The maximum atomic E-state index is 11.9. The summed E-state index contributed by atoms with van der Waals surface area (Å²) < 4.78 is 0. The van der Waals surface area contributed by atoms with Crippen molar-refractivity contribution in [2.75, 3.05) is 18.4 Å². The van der Waals surface area contributed by atoms with Crippen LogP contribution < -0.4 is 10.6 Å². The van der Waals surface area contributed by atoms with Crippen molar-refractivity contribution < 1.29 is 4.79 Å². The van der Waals surface area contributed by atoms with E-state index in [1.807, 2.05) is 43.3 Å². The summed E-state index contributed by atoms with van der Waals surface area (Å²) in [4.78, 5) is 11.9. The number of para-hydroxylation sites is 1. The number of benzene rings is 1. The summed E-state index contributed by atoms with van der Waals surface area (Å²) in [5.74, 6) is -0.0395. The predicted molar refractivity (Wildman–Crippen MR) is 72.4 cm³/mol. The average molecular weight is 232 g/mol. The predicted octanol–water partition coefficient (Wildman–Crippen LogP) is 2.81. The van der Waals surface area contributed by atoms with E-state index >= 15 is 0 Å². The van der Waals surface area contributed by atoms with E-state index in [1.165, 1.54) is 0 Å². The van der Waals surface area contributed by atoms with Gasteiger partial charge < -0.3 is 10.6 Å². The zero-order chi connectivity index (χ0) is 12.5. The van der Waals surface area contributed by atoms with E-state index in [1.54, 1.807) is 0 Å². The van der Waals surface area contributed by atoms with E-state index in [2.05, 4.69) is 17.6 Å². The molecule has 0 spiro atoms. The number of carbonyl (C=O) groups is 1. The van der Waals surface area contributed by atoms with Crippen molar-refractivity contribution in [1.82, 2.24) is 5.32 Å². The fourth-order valence-corrected chi connectivity index (χ4v) is 1.52. The van der Waals surface area contributed by atoms with Crippen molar-refractivity contribution in [2.24, 2.45) is 0 Å². The number of nitrogens with one attached hydrogen (secondary N) is 2. The SMILES string of the molecule is CCC=CCNC(=O)c1ccccc1NCC. The normalized spacial score (nSPS) is 10.5. The van der Waals surface area contributed by atoms with Crippen LogP contribution in [-0.4, -0.2) is 19.0 Å². The molecular weight excluding hydrogens is 212 g/mol. The number of amides is 1. The minimum atomic E-state index is -0.0395. The zero-order valence-electron chi connectivity index (χ0n) is 10.5. The Kier molecular flexibility index (Phi) is 5.86. The molecule has 3 nitrogen and oxygen atoms in total. The number of allylic oxidation sites excluding steroid dienone is 1. The zero-order valence-corrected chi connectivity index (χ0v) is 10.5. The fraction of sp³-hybridized carbons (Fsp3) is 0.357. The average Bonchev–Trinajstić information content (AvgIpc) is 2.35. The van der Waals surface area contributed by atoms with Crippen LogP contribution in [-0.2, 0) is 0 Å². The summed E-state index contributed by atoms with van der Waals surface area (Å²) in [7, 11) is 0. The third-order valence-electron chi connectivity index (χ3n) is 2.32. The fourth-order valence-electron chi connectivity index (χ4n) is 1.52. The van der Waals surface area contributed by atoms with Gasteiger partial charge in [-0.3, -0.25) is 4.79 Å². The van der Waals surface area contributed by atoms with Crippen LogP contribution in [0.2, 0.25) is 0 Å². The second kappa shape index (κ2) is 7.49. The highest BCUT2D eigenvalue weighted by Gasteiger charge is 2.08. The molecule has 17 heavy (non-hydrogen) atoms. The molecule has 0 unspecified atom stereocenters. The highest BCUT2D eigenvalue weighted by molar-refractivity contribution is 5.99. The van der Waals surface area contributed by atoms with Crippen molar-refractivity contribution in [1.29, 1.82) is 0 Å². The molecule has 0 bridgehead atoms. The molecule has 1 aromatic carbocycles. The molecule has 92 valence electrons. The minimum Gasteiger partial charge on any atom is -0.385 e. The van der Waals surface area contributed by atoms with Crippen LogP contribution in [0.3, 0.4) is 0 Å². The van der Waals surface area contributed by atoms with Crippen LogP contribution in [0, 0.1) is 0 Å². The third-order valence-corrected chi connectivity index (χ3v) is 2.32. The maximum absolute atomic E-state index is 11.9. The van der Waals surface area contributed by atoms with E-state index in [0.29, 0.717) is 12.1 Å². The molecule has 1 aromatic rings. The van der Waals surface area contributed by atoms with Gasteiger partial charge in [0.25, 0.3) is 5.91 Å². The monoisotopic (exact) mass is 232 g/mol. The molecule has 0 aliphatic carbocycles. The largest absolute Gasteiger partial charge is 0.385 e. The second-order valence-corrected chi connectivity index (χ2v) is 3.67. The number of hydrogen-bond donors (Lipinski definition) is 2. The lowest BCUT2D eigenvalue weighted by Crippen LogP contribution is -2.24. The molecule has 0 atom stereocenters. The Balaban J connectivity index is 2.64. The van der Waals surface area contributed by atoms with Gasteiger partial charge in [-0.1, -0.05) is 31.2 Å². The van der Waals surface area contributed by atoms with Crippen LogP contribution in [0.1, 0.15) is 30.6 Å². The quantitative estimate of drug-likeness (QED) is 0.740. The van der Waals surface area contributed by atoms with Gasteiger partial charge in [-0.2, -0.15) is 0 Å². The summed E-state index contributed by atoms with van der Waals surface area (Å²) in [6.45, 7) is 5.46. The van der Waals surface area contributed by atoms with E-state index in [9.17, 15) is 4.79 Å². The highest BCUT2D eigenvalue weighted by Crippen LogP contribution is 2.14. The van der Waals surface area contributed by atoms with Crippen molar-refractivity contribution >= 4 is 11.6 Å². The molecule has 0 saturated heterocycles. The van der Waals surface area contributed by atoms with Crippen LogP contribution in [0.15, 0.2) is 36.4 Å². The topological polar surface area (TPSA) is 41.1 Å². The number of anilines is 1. The Morgan fingerprint density at radius 2 is 2.00 bits per heavy atom. The van der Waals surface area contributed by atoms with Gasteiger partial charge in [-0.15, -0.1) is 0 Å². The lowest BCUT2D eigenvalue weighted by Gasteiger charge is -2.09. The summed E-state index contributed by atoms with van der Waals surface area (Å²) in [5, 5.41) is 6.05. The van der Waals surface area contributed by atoms with Gasteiger partial charge in [0, 0.05) is 18.8 Å². The van der Waals surface area contributed by atoms with Crippen molar-refractivity contribution in [3.63, 3.8) is 0 Å². The van der Waals surface area contributed by atoms with Gasteiger partial charge in [-0.25, -0.2) is 0 Å². The molecule has 0 saturated carbocycles. The Morgan fingerprint density at radius 3 is 2.71 bits per heavy atom. The van der Waals surface area contributed by atoms with E-state index < -0.39 is 0 Å². The van der Waals surface area contributed by atoms with Crippen molar-refractivity contribution in [3.8, 4) is 0 Å². The van der Waals surface area contributed by atoms with Gasteiger partial charge in [0.15, 0.2) is 0 Å². The molecule has 3 heteroatoms. The van der Waals surface area contributed by atoms with Crippen molar-refractivity contribution in [2.45, 2.75) is 20.3 Å². The van der Waals surface area contributed by atoms with Gasteiger partial charge in [-0.05, 0) is 25.5 Å². The lowest BCUT2D eigenvalue weighted by molar-refractivity contribution is 0.0959. The molecule has 2 N–H and O–H groups in total. The van der Waals surface area contributed by atoms with Gasteiger partial charge in [0.2, 0.25) is 0 Å². The Bertz CT molecular complexity index is 386. The maximum Gasteiger partial charge on any atom is 0.253 e. The summed E-state index contributed by atoms with van der Waals surface area (Å²) >= 11 is 0. The summed E-state index contributed by atoms with van der Waals surface area (Å²) in [6, 6.07) is 7.54. The molecule has 1 amide bonds.